The van der Waals surface area contributed by atoms with Crippen molar-refractivity contribution < 1.29 is 0 Å². The van der Waals surface area contributed by atoms with Crippen LogP contribution in [0.5, 0.6) is 0 Å². The molecule has 2 rings (SSSR count). The second-order valence-corrected chi connectivity index (χ2v) is 5.06. The van der Waals surface area contributed by atoms with E-state index >= 15 is 0 Å². The minimum Gasteiger partial charge on any atom is -0.356 e. The highest BCUT2D eigenvalue weighted by atomic mass is 32.2. The molecule has 1 aromatic rings. The average molecular weight is 215 g/mol. The number of rotatable bonds is 3. The van der Waals surface area contributed by atoms with Crippen molar-refractivity contribution in [3.05, 3.63) is 6.33 Å². The first kappa shape index (κ1) is 9.27. The van der Waals surface area contributed by atoms with Gasteiger partial charge in [-0.05, 0) is 19.1 Å². The molecule has 0 aliphatic heterocycles. The van der Waals surface area contributed by atoms with Gasteiger partial charge in [-0.1, -0.05) is 6.42 Å². The number of thioether (sulfide) groups is 1. The molecule has 0 saturated heterocycles. The maximum Gasteiger partial charge on any atom is 0.202 e. The zero-order valence-corrected chi connectivity index (χ0v) is 9.20. The van der Waals surface area contributed by atoms with Gasteiger partial charge >= 0.3 is 0 Å². The van der Waals surface area contributed by atoms with Gasteiger partial charge in [-0.25, -0.2) is 4.98 Å². The van der Waals surface area contributed by atoms with Gasteiger partial charge in [0.25, 0.3) is 0 Å². The van der Waals surface area contributed by atoms with Crippen molar-refractivity contribution >= 4 is 28.4 Å². The lowest BCUT2D eigenvalue weighted by atomic mass is 10.2. The van der Waals surface area contributed by atoms with E-state index in [0.717, 1.165) is 10.4 Å². The molecular formula is C8H13N3S2. The Morgan fingerprint density at radius 2 is 2.54 bits per heavy atom. The van der Waals surface area contributed by atoms with Crippen LogP contribution in [0.4, 0.5) is 5.13 Å². The fourth-order valence-corrected chi connectivity index (χ4v) is 3.20. The summed E-state index contributed by atoms with van der Waals surface area (Å²) in [6, 6.07) is 0.600. The molecule has 5 heteroatoms. The normalized spacial score (nSPS) is 27.8. The number of anilines is 1. The molecule has 0 aromatic carbocycles. The summed E-state index contributed by atoms with van der Waals surface area (Å²) in [6.07, 6.45) is 7.73. The molecule has 1 fully saturated rings. The van der Waals surface area contributed by atoms with Crippen molar-refractivity contribution in [3.8, 4) is 0 Å². The highest BCUT2D eigenvalue weighted by Crippen LogP contribution is 2.30. The van der Waals surface area contributed by atoms with Crippen molar-refractivity contribution in [3.63, 3.8) is 0 Å². The number of hydrogen-bond donors (Lipinski definition) is 1. The highest BCUT2D eigenvalue weighted by Gasteiger charge is 2.26. The van der Waals surface area contributed by atoms with E-state index in [1.165, 1.54) is 30.8 Å². The van der Waals surface area contributed by atoms with Crippen LogP contribution in [0.1, 0.15) is 19.3 Å². The van der Waals surface area contributed by atoms with Gasteiger partial charge in [-0.2, -0.15) is 16.1 Å². The third-order valence-corrected chi connectivity index (χ3v) is 4.19. The molecule has 2 atom stereocenters. The number of aromatic nitrogens is 2. The molecule has 0 spiro atoms. The zero-order valence-electron chi connectivity index (χ0n) is 7.56. The SMILES string of the molecule is CSC1CCCC1Nc1ncns1. The molecule has 72 valence electrons. The van der Waals surface area contributed by atoms with Crippen LogP contribution in [-0.4, -0.2) is 26.9 Å². The lowest BCUT2D eigenvalue weighted by molar-refractivity contribution is 0.767. The van der Waals surface area contributed by atoms with Crippen LogP contribution in [0.25, 0.3) is 0 Å². The Kier molecular flexibility index (Phi) is 3.05. The monoisotopic (exact) mass is 215 g/mol. The minimum atomic E-state index is 0.600. The molecule has 3 nitrogen and oxygen atoms in total. The predicted molar refractivity (Wildman–Crippen MR) is 58.5 cm³/mol. The maximum atomic E-state index is 4.14. The summed E-state index contributed by atoms with van der Waals surface area (Å²) in [5.74, 6) is 0. The average Bonchev–Trinajstić information content (AvgIpc) is 2.76. The fourth-order valence-electron chi connectivity index (χ4n) is 1.77. The number of nitrogens with zero attached hydrogens (tertiary/aromatic N) is 2. The smallest absolute Gasteiger partial charge is 0.202 e. The van der Waals surface area contributed by atoms with Crippen LogP contribution in [0, 0.1) is 0 Å². The molecular weight excluding hydrogens is 202 g/mol. The Labute approximate surface area is 86.5 Å². The minimum absolute atomic E-state index is 0.600. The Bertz CT molecular complexity index is 250. The van der Waals surface area contributed by atoms with E-state index in [1.807, 2.05) is 11.8 Å². The van der Waals surface area contributed by atoms with Gasteiger partial charge in [-0.15, -0.1) is 0 Å². The van der Waals surface area contributed by atoms with Crippen LogP contribution in [0.3, 0.4) is 0 Å². The van der Waals surface area contributed by atoms with Crippen molar-refractivity contribution in [2.24, 2.45) is 0 Å². The third kappa shape index (κ3) is 2.14. The maximum absolute atomic E-state index is 4.14. The van der Waals surface area contributed by atoms with Gasteiger partial charge in [0, 0.05) is 22.8 Å². The molecule has 1 heterocycles. The summed E-state index contributed by atoms with van der Waals surface area (Å²) in [5, 5.41) is 5.16. The Morgan fingerprint density at radius 3 is 3.23 bits per heavy atom. The molecule has 0 amide bonds. The lowest BCUT2D eigenvalue weighted by Gasteiger charge is -2.17. The Morgan fingerprint density at radius 1 is 1.62 bits per heavy atom. The second kappa shape index (κ2) is 4.28. The first-order chi connectivity index (χ1) is 6.40. The third-order valence-electron chi connectivity index (χ3n) is 2.43. The first-order valence-corrected chi connectivity index (χ1v) is 6.52. The van der Waals surface area contributed by atoms with Gasteiger partial charge in [0.05, 0.1) is 0 Å². The molecule has 13 heavy (non-hydrogen) atoms. The second-order valence-electron chi connectivity index (χ2n) is 3.20. The van der Waals surface area contributed by atoms with Gasteiger partial charge in [0.1, 0.15) is 6.33 Å². The van der Waals surface area contributed by atoms with Gasteiger partial charge in [0.15, 0.2) is 0 Å². The number of hydrogen-bond acceptors (Lipinski definition) is 5. The predicted octanol–water partition coefficient (Wildman–Crippen LogP) is 2.23. The van der Waals surface area contributed by atoms with Gasteiger partial charge in [-0.3, -0.25) is 0 Å². The fraction of sp³-hybridized carbons (Fsp3) is 0.750. The summed E-state index contributed by atoms with van der Waals surface area (Å²) in [5.41, 5.74) is 0. The van der Waals surface area contributed by atoms with Crippen molar-refractivity contribution in [2.75, 3.05) is 11.6 Å². The van der Waals surface area contributed by atoms with E-state index < -0.39 is 0 Å². The molecule has 1 N–H and O–H groups in total. The summed E-state index contributed by atoms with van der Waals surface area (Å²) < 4.78 is 3.98. The molecule has 0 bridgehead atoms. The van der Waals surface area contributed by atoms with E-state index in [9.17, 15) is 0 Å². The van der Waals surface area contributed by atoms with E-state index in [1.54, 1.807) is 6.33 Å². The molecule has 0 radical (unpaired) electrons. The number of nitrogens with one attached hydrogen (secondary N) is 1. The van der Waals surface area contributed by atoms with Crippen molar-refractivity contribution in [2.45, 2.75) is 30.6 Å². The highest BCUT2D eigenvalue weighted by molar-refractivity contribution is 7.99. The first-order valence-electron chi connectivity index (χ1n) is 4.46. The molecule has 1 saturated carbocycles. The topological polar surface area (TPSA) is 37.8 Å². The van der Waals surface area contributed by atoms with Crippen molar-refractivity contribution in [1.29, 1.82) is 0 Å². The standard InChI is InChI=1S/C8H13N3S2/c1-12-7-4-2-3-6(7)11-8-9-5-10-13-8/h5-7H,2-4H2,1H3,(H,9,10,11). The van der Waals surface area contributed by atoms with Crippen LogP contribution in [-0.2, 0) is 0 Å². The summed E-state index contributed by atoms with van der Waals surface area (Å²) in [7, 11) is 0. The summed E-state index contributed by atoms with van der Waals surface area (Å²) in [4.78, 5) is 4.14. The Balaban J connectivity index is 1.94. The molecule has 2 unspecified atom stereocenters. The van der Waals surface area contributed by atoms with Crippen LogP contribution in [0.15, 0.2) is 6.33 Å². The van der Waals surface area contributed by atoms with Gasteiger partial charge < -0.3 is 5.32 Å². The summed E-state index contributed by atoms with van der Waals surface area (Å²) in [6.45, 7) is 0. The van der Waals surface area contributed by atoms with Crippen LogP contribution in [0.2, 0.25) is 0 Å². The molecule has 1 aromatic heterocycles. The van der Waals surface area contributed by atoms with E-state index in [4.69, 9.17) is 0 Å². The Hall–Kier alpha value is -0.290. The van der Waals surface area contributed by atoms with Crippen LogP contribution >= 0.6 is 23.3 Å². The van der Waals surface area contributed by atoms with Crippen molar-refractivity contribution in [1.82, 2.24) is 9.36 Å². The van der Waals surface area contributed by atoms with E-state index in [2.05, 4.69) is 20.9 Å². The van der Waals surface area contributed by atoms with E-state index in [0.29, 0.717) is 6.04 Å². The molecule has 1 aliphatic rings. The van der Waals surface area contributed by atoms with E-state index in [-0.39, 0.29) is 0 Å². The zero-order chi connectivity index (χ0) is 9.10. The largest absolute Gasteiger partial charge is 0.356 e. The summed E-state index contributed by atoms with van der Waals surface area (Å²) >= 11 is 3.40. The van der Waals surface area contributed by atoms with Gasteiger partial charge in [0.2, 0.25) is 5.13 Å². The van der Waals surface area contributed by atoms with Crippen LogP contribution < -0.4 is 5.32 Å². The quantitative estimate of drug-likeness (QED) is 0.839. The lowest BCUT2D eigenvalue weighted by Crippen LogP contribution is -2.25. The molecule has 1 aliphatic carbocycles.